The number of sulfonamides is 1. The van der Waals surface area contributed by atoms with Gasteiger partial charge in [-0.05, 0) is 17.7 Å². The molecule has 0 unspecified atom stereocenters. The number of hydrogen-bond donors (Lipinski definition) is 2. The molecular weight excluding hydrogens is 418 g/mol. The smallest absolute Gasteiger partial charge is 0.243 e. The maximum Gasteiger partial charge on any atom is 0.243 e. The Morgan fingerprint density at radius 3 is 2.13 bits per heavy atom. The molecule has 2 heterocycles. The lowest BCUT2D eigenvalue weighted by Crippen LogP contribution is -2.40. The van der Waals surface area contributed by atoms with Crippen LogP contribution < -0.4 is 11.5 Å². The Labute approximate surface area is 170 Å². The van der Waals surface area contributed by atoms with Crippen molar-refractivity contribution in [2.24, 2.45) is 0 Å². The molecule has 2 aromatic carbocycles. The first-order valence-corrected chi connectivity index (χ1v) is 10.4. The molecule has 3 aromatic rings. The normalized spacial score (nSPS) is 15.4. The van der Waals surface area contributed by atoms with Crippen molar-refractivity contribution in [1.82, 2.24) is 19.1 Å². The molecule has 0 radical (unpaired) electrons. The van der Waals surface area contributed by atoms with Crippen molar-refractivity contribution in [2.75, 3.05) is 37.8 Å². The van der Waals surface area contributed by atoms with E-state index in [2.05, 4.69) is 10.1 Å². The van der Waals surface area contributed by atoms with Gasteiger partial charge >= 0.3 is 0 Å². The number of aromatic nitrogens is 3. The van der Waals surface area contributed by atoms with Gasteiger partial charge in [0, 0.05) is 25.2 Å². The number of morpholine rings is 1. The van der Waals surface area contributed by atoms with Crippen LogP contribution in [0.25, 0.3) is 16.8 Å². The summed E-state index contributed by atoms with van der Waals surface area (Å²) < 4.78 is 62.3. The van der Waals surface area contributed by atoms with Gasteiger partial charge < -0.3 is 16.2 Å². The van der Waals surface area contributed by atoms with Gasteiger partial charge in [-0.15, -0.1) is 5.10 Å². The third kappa shape index (κ3) is 3.60. The van der Waals surface area contributed by atoms with E-state index < -0.39 is 21.7 Å². The summed E-state index contributed by atoms with van der Waals surface area (Å²) >= 11 is 0. The first kappa shape index (κ1) is 20.2. The van der Waals surface area contributed by atoms with Crippen molar-refractivity contribution in [3.05, 3.63) is 48.0 Å². The average Bonchev–Trinajstić information content (AvgIpc) is 3.06. The summed E-state index contributed by atoms with van der Waals surface area (Å²) in [7, 11) is -3.70. The quantitative estimate of drug-likeness (QED) is 0.632. The van der Waals surface area contributed by atoms with Gasteiger partial charge in [0.2, 0.25) is 21.9 Å². The molecule has 30 heavy (non-hydrogen) atoms. The molecule has 1 saturated heterocycles. The van der Waals surface area contributed by atoms with Gasteiger partial charge in [-0.2, -0.15) is 14.0 Å². The molecule has 158 valence electrons. The zero-order chi connectivity index (χ0) is 21.5. The van der Waals surface area contributed by atoms with Crippen LogP contribution in [0, 0.1) is 11.6 Å². The highest BCUT2D eigenvalue weighted by Crippen LogP contribution is 2.30. The lowest BCUT2D eigenvalue weighted by molar-refractivity contribution is 0.0730. The molecule has 1 aliphatic heterocycles. The Balaban J connectivity index is 1.67. The first-order valence-electron chi connectivity index (χ1n) is 8.93. The summed E-state index contributed by atoms with van der Waals surface area (Å²) in [4.78, 5) is 3.73. The summed E-state index contributed by atoms with van der Waals surface area (Å²) in [6, 6.07) is 7.45. The molecule has 12 heteroatoms. The molecule has 0 aliphatic carbocycles. The van der Waals surface area contributed by atoms with E-state index in [0.29, 0.717) is 13.2 Å². The summed E-state index contributed by atoms with van der Waals surface area (Å²) in [5.41, 5.74) is 11.0. The maximum absolute atomic E-state index is 14.7. The molecule has 0 spiro atoms. The van der Waals surface area contributed by atoms with Gasteiger partial charge in [0.05, 0.1) is 29.4 Å². The summed E-state index contributed by atoms with van der Waals surface area (Å²) in [5.74, 6) is -1.99. The van der Waals surface area contributed by atoms with Crippen LogP contribution in [0.1, 0.15) is 0 Å². The van der Waals surface area contributed by atoms with Gasteiger partial charge in [0.25, 0.3) is 0 Å². The number of nitrogens with two attached hydrogens (primary N) is 2. The number of hydrogen-bond acceptors (Lipinski definition) is 7. The molecule has 1 aromatic heterocycles. The number of ether oxygens (including phenoxy) is 1. The molecule has 0 atom stereocenters. The van der Waals surface area contributed by atoms with Crippen LogP contribution in [0.3, 0.4) is 0 Å². The third-order valence-corrected chi connectivity index (χ3v) is 6.58. The highest BCUT2D eigenvalue weighted by molar-refractivity contribution is 7.89. The van der Waals surface area contributed by atoms with E-state index in [1.807, 2.05) is 0 Å². The van der Waals surface area contributed by atoms with E-state index in [0.717, 1.165) is 16.8 Å². The number of benzene rings is 2. The fourth-order valence-corrected chi connectivity index (χ4v) is 4.63. The highest BCUT2D eigenvalue weighted by Gasteiger charge is 2.26. The van der Waals surface area contributed by atoms with E-state index in [4.69, 9.17) is 16.2 Å². The SMILES string of the molecule is Nc1nc(N)n(-c2cc(F)c(-c3ccc(S(=O)(=O)N4CCOCC4)cc3)c(F)c2)n1. The minimum atomic E-state index is -3.70. The monoisotopic (exact) mass is 436 g/mol. The maximum atomic E-state index is 14.7. The zero-order valence-electron chi connectivity index (χ0n) is 15.6. The lowest BCUT2D eigenvalue weighted by Gasteiger charge is -2.26. The molecule has 9 nitrogen and oxygen atoms in total. The van der Waals surface area contributed by atoms with Gasteiger partial charge in [0.1, 0.15) is 11.6 Å². The van der Waals surface area contributed by atoms with Gasteiger partial charge in [-0.25, -0.2) is 17.2 Å². The third-order valence-electron chi connectivity index (χ3n) is 4.67. The summed E-state index contributed by atoms with van der Waals surface area (Å²) in [6.07, 6.45) is 0. The summed E-state index contributed by atoms with van der Waals surface area (Å²) in [6.45, 7) is 1.15. The molecule has 0 saturated carbocycles. The van der Waals surface area contributed by atoms with Crippen LogP contribution in [0.4, 0.5) is 20.7 Å². The fraction of sp³-hybridized carbons (Fsp3) is 0.222. The van der Waals surface area contributed by atoms with Crippen LogP contribution in [0.5, 0.6) is 0 Å². The zero-order valence-corrected chi connectivity index (χ0v) is 16.4. The Morgan fingerprint density at radius 2 is 1.60 bits per heavy atom. The second-order valence-electron chi connectivity index (χ2n) is 6.57. The lowest BCUT2D eigenvalue weighted by atomic mass is 10.0. The highest BCUT2D eigenvalue weighted by atomic mass is 32.2. The minimum absolute atomic E-state index is 0.0157. The number of nitrogen functional groups attached to an aromatic ring is 2. The van der Waals surface area contributed by atoms with Crippen molar-refractivity contribution in [3.63, 3.8) is 0 Å². The Hall–Kier alpha value is -3.09. The Bertz CT molecular complexity index is 1170. The second-order valence-corrected chi connectivity index (χ2v) is 8.50. The van der Waals surface area contributed by atoms with Crippen molar-refractivity contribution >= 4 is 21.9 Å². The molecule has 4 rings (SSSR count). The van der Waals surface area contributed by atoms with Crippen LogP contribution in [0.15, 0.2) is 41.3 Å². The van der Waals surface area contributed by atoms with Gasteiger partial charge in [0.15, 0.2) is 0 Å². The predicted molar refractivity (Wildman–Crippen MR) is 105 cm³/mol. The van der Waals surface area contributed by atoms with Crippen molar-refractivity contribution in [2.45, 2.75) is 4.90 Å². The molecular formula is C18H18F2N6O3S. The van der Waals surface area contributed by atoms with Gasteiger partial charge in [-0.1, -0.05) is 12.1 Å². The number of rotatable bonds is 4. The van der Waals surface area contributed by atoms with Crippen LogP contribution in [-0.4, -0.2) is 53.8 Å². The van der Waals surface area contributed by atoms with Crippen molar-refractivity contribution in [3.8, 4) is 16.8 Å². The van der Waals surface area contributed by atoms with Crippen molar-refractivity contribution in [1.29, 1.82) is 0 Å². The first-order chi connectivity index (χ1) is 14.3. The summed E-state index contributed by atoms with van der Waals surface area (Å²) in [5, 5.41) is 3.79. The standard InChI is InChI=1S/C18H18F2N6O3S/c19-14-9-12(26-18(22)23-17(21)24-26)10-15(20)16(14)11-1-3-13(4-2-11)30(27,28)25-5-7-29-8-6-25/h1-4,9-10H,5-8H2,(H4,21,22,23,24). The topological polar surface area (TPSA) is 129 Å². The van der Waals surface area contributed by atoms with Crippen LogP contribution in [-0.2, 0) is 14.8 Å². The molecule has 0 amide bonds. The molecule has 1 fully saturated rings. The molecule has 4 N–H and O–H groups in total. The van der Waals surface area contributed by atoms with E-state index in [1.165, 1.54) is 28.6 Å². The Kier molecular flexibility index (Phi) is 5.13. The van der Waals surface area contributed by atoms with E-state index in [1.54, 1.807) is 0 Å². The Morgan fingerprint density at radius 1 is 1.00 bits per heavy atom. The van der Waals surface area contributed by atoms with Crippen molar-refractivity contribution < 1.29 is 21.9 Å². The number of halogens is 2. The molecule has 1 aliphatic rings. The predicted octanol–water partition coefficient (Wildman–Crippen LogP) is 1.40. The van der Waals surface area contributed by atoms with E-state index in [9.17, 15) is 17.2 Å². The van der Waals surface area contributed by atoms with E-state index >= 15 is 0 Å². The largest absolute Gasteiger partial charge is 0.379 e. The molecule has 0 bridgehead atoms. The van der Waals surface area contributed by atoms with Crippen LogP contribution >= 0.6 is 0 Å². The van der Waals surface area contributed by atoms with Gasteiger partial charge in [-0.3, -0.25) is 0 Å². The minimum Gasteiger partial charge on any atom is -0.379 e. The van der Waals surface area contributed by atoms with E-state index in [-0.39, 0.29) is 46.7 Å². The number of nitrogens with zero attached hydrogens (tertiary/aromatic N) is 4. The fourth-order valence-electron chi connectivity index (χ4n) is 3.22. The second kappa shape index (κ2) is 7.63. The van der Waals surface area contributed by atoms with Crippen LogP contribution in [0.2, 0.25) is 0 Å². The average molecular weight is 436 g/mol. The number of anilines is 2.